The first-order valence-electron chi connectivity index (χ1n) is 7.21. The van der Waals surface area contributed by atoms with Gasteiger partial charge in [0.25, 0.3) is 0 Å². The predicted octanol–water partition coefficient (Wildman–Crippen LogP) is 1.88. The summed E-state index contributed by atoms with van der Waals surface area (Å²) < 4.78 is 4.90. The maximum absolute atomic E-state index is 12.3. The molecule has 2 N–H and O–H groups in total. The van der Waals surface area contributed by atoms with E-state index in [9.17, 15) is 9.59 Å². The van der Waals surface area contributed by atoms with Crippen LogP contribution in [0.5, 0.6) is 0 Å². The highest BCUT2D eigenvalue weighted by molar-refractivity contribution is 5.82. The third-order valence-corrected chi connectivity index (χ3v) is 3.17. The second-order valence-corrected chi connectivity index (χ2v) is 5.14. The molecule has 0 fully saturated rings. The normalized spacial score (nSPS) is 12.0. The highest BCUT2D eigenvalue weighted by Crippen LogP contribution is 2.15. The first kappa shape index (κ1) is 17.2. The van der Waals surface area contributed by atoms with Gasteiger partial charge in [-0.3, -0.25) is 9.59 Å². The van der Waals surface area contributed by atoms with Crippen molar-refractivity contribution in [2.45, 2.75) is 39.3 Å². The standard InChI is InChI=1S/C16H24N2O3/c1-4-21-16(20)11-18(12(2)3)15(19)10-14(17)13-8-6-5-7-9-13/h5-9,12,14H,4,10-11,17H2,1-3H3. The third kappa shape index (κ3) is 5.55. The van der Waals surface area contributed by atoms with Crippen LogP contribution in [0.2, 0.25) is 0 Å². The fourth-order valence-electron chi connectivity index (χ4n) is 2.03. The minimum Gasteiger partial charge on any atom is -0.465 e. The summed E-state index contributed by atoms with van der Waals surface area (Å²) in [7, 11) is 0. The van der Waals surface area contributed by atoms with Crippen molar-refractivity contribution in [1.82, 2.24) is 4.90 Å². The van der Waals surface area contributed by atoms with E-state index >= 15 is 0 Å². The Balaban J connectivity index is 2.67. The Labute approximate surface area is 126 Å². The predicted molar refractivity (Wildman–Crippen MR) is 81.5 cm³/mol. The maximum atomic E-state index is 12.3. The topological polar surface area (TPSA) is 72.6 Å². The number of rotatable bonds is 7. The molecule has 0 heterocycles. The SMILES string of the molecule is CCOC(=O)CN(C(=O)CC(N)c1ccccc1)C(C)C. The Bertz CT molecular complexity index is 460. The molecular formula is C16H24N2O3. The highest BCUT2D eigenvalue weighted by atomic mass is 16.5. The third-order valence-electron chi connectivity index (χ3n) is 3.17. The molecule has 0 spiro atoms. The molecule has 0 radical (unpaired) electrons. The van der Waals surface area contributed by atoms with Gasteiger partial charge in [-0.15, -0.1) is 0 Å². The van der Waals surface area contributed by atoms with Crippen molar-refractivity contribution in [3.05, 3.63) is 35.9 Å². The summed E-state index contributed by atoms with van der Waals surface area (Å²) in [5.74, 6) is -0.540. The van der Waals surface area contributed by atoms with Gasteiger partial charge in [0.15, 0.2) is 0 Å². The van der Waals surface area contributed by atoms with Crippen LogP contribution in [0.25, 0.3) is 0 Å². The second-order valence-electron chi connectivity index (χ2n) is 5.14. The Morgan fingerprint density at radius 1 is 1.24 bits per heavy atom. The van der Waals surface area contributed by atoms with Gasteiger partial charge in [-0.25, -0.2) is 0 Å². The number of benzene rings is 1. The number of ether oxygens (including phenoxy) is 1. The van der Waals surface area contributed by atoms with Crippen molar-refractivity contribution >= 4 is 11.9 Å². The van der Waals surface area contributed by atoms with Crippen LogP contribution < -0.4 is 5.73 Å². The van der Waals surface area contributed by atoms with Crippen molar-refractivity contribution in [2.24, 2.45) is 5.73 Å². The molecule has 0 aliphatic heterocycles. The molecule has 116 valence electrons. The van der Waals surface area contributed by atoms with Crippen molar-refractivity contribution in [3.8, 4) is 0 Å². The summed E-state index contributed by atoms with van der Waals surface area (Å²) in [6.45, 7) is 5.75. The molecule has 21 heavy (non-hydrogen) atoms. The molecule has 0 saturated heterocycles. The fourth-order valence-corrected chi connectivity index (χ4v) is 2.03. The Hall–Kier alpha value is -1.88. The number of carbonyl (C=O) groups excluding carboxylic acids is 2. The van der Waals surface area contributed by atoms with Crippen LogP contribution in [0.3, 0.4) is 0 Å². The number of hydrogen-bond donors (Lipinski definition) is 1. The van der Waals surface area contributed by atoms with Crippen LogP contribution in [0, 0.1) is 0 Å². The van der Waals surface area contributed by atoms with Gasteiger partial charge < -0.3 is 15.4 Å². The molecule has 1 unspecified atom stereocenters. The lowest BCUT2D eigenvalue weighted by Crippen LogP contribution is -2.42. The van der Waals surface area contributed by atoms with Crippen LogP contribution in [-0.4, -0.2) is 36.0 Å². The summed E-state index contributed by atoms with van der Waals surface area (Å²) >= 11 is 0. The number of nitrogens with zero attached hydrogens (tertiary/aromatic N) is 1. The van der Waals surface area contributed by atoms with E-state index in [-0.39, 0.29) is 31.0 Å². The maximum Gasteiger partial charge on any atom is 0.325 e. The molecule has 0 saturated carbocycles. The van der Waals surface area contributed by atoms with Crippen molar-refractivity contribution < 1.29 is 14.3 Å². The molecule has 5 nitrogen and oxygen atoms in total. The summed E-state index contributed by atoms with van der Waals surface area (Å²) in [4.78, 5) is 25.4. The van der Waals surface area contributed by atoms with E-state index in [0.29, 0.717) is 6.61 Å². The number of carbonyl (C=O) groups is 2. The largest absolute Gasteiger partial charge is 0.465 e. The van der Waals surface area contributed by atoms with Crippen LogP contribution in [0.4, 0.5) is 0 Å². The van der Waals surface area contributed by atoms with E-state index in [0.717, 1.165) is 5.56 Å². The zero-order valence-electron chi connectivity index (χ0n) is 12.9. The number of nitrogens with two attached hydrogens (primary N) is 1. The monoisotopic (exact) mass is 292 g/mol. The minimum absolute atomic E-state index is 0.0359. The van der Waals surface area contributed by atoms with Gasteiger partial charge in [-0.2, -0.15) is 0 Å². The lowest BCUT2D eigenvalue weighted by Gasteiger charge is -2.27. The van der Waals surface area contributed by atoms with E-state index in [2.05, 4.69) is 0 Å². The average molecular weight is 292 g/mol. The lowest BCUT2D eigenvalue weighted by atomic mass is 10.0. The average Bonchev–Trinajstić information content (AvgIpc) is 2.45. The summed E-state index contributed by atoms with van der Waals surface area (Å²) in [6.07, 6.45) is 0.168. The van der Waals surface area contributed by atoms with Crippen LogP contribution in [-0.2, 0) is 14.3 Å². The zero-order chi connectivity index (χ0) is 15.8. The number of hydrogen-bond acceptors (Lipinski definition) is 4. The zero-order valence-corrected chi connectivity index (χ0v) is 12.9. The summed E-state index contributed by atoms with van der Waals surface area (Å²) in [5.41, 5.74) is 6.97. The fraction of sp³-hybridized carbons (Fsp3) is 0.500. The van der Waals surface area contributed by atoms with Crippen LogP contribution in [0.1, 0.15) is 38.8 Å². The smallest absolute Gasteiger partial charge is 0.325 e. The first-order chi connectivity index (χ1) is 9.95. The highest BCUT2D eigenvalue weighted by Gasteiger charge is 2.23. The Morgan fingerprint density at radius 2 is 1.86 bits per heavy atom. The van der Waals surface area contributed by atoms with Crippen molar-refractivity contribution in [3.63, 3.8) is 0 Å². The van der Waals surface area contributed by atoms with E-state index in [1.165, 1.54) is 4.90 Å². The molecule has 0 aliphatic carbocycles. The Morgan fingerprint density at radius 3 is 2.38 bits per heavy atom. The van der Waals surface area contributed by atoms with Gasteiger partial charge in [-0.05, 0) is 26.3 Å². The molecule has 1 aromatic rings. The summed E-state index contributed by atoms with van der Waals surface area (Å²) in [6, 6.07) is 9.01. The van der Waals surface area contributed by atoms with Gasteiger partial charge in [0.2, 0.25) is 5.91 Å². The quantitative estimate of drug-likeness (QED) is 0.779. The van der Waals surface area contributed by atoms with Gasteiger partial charge in [0.05, 0.1) is 6.61 Å². The second kappa shape index (κ2) is 8.42. The molecular weight excluding hydrogens is 268 g/mol. The molecule has 0 aliphatic rings. The van der Waals surface area contributed by atoms with Gasteiger partial charge in [0.1, 0.15) is 6.54 Å². The molecule has 0 aromatic heterocycles. The molecule has 0 bridgehead atoms. The first-order valence-corrected chi connectivity index (χ1v) is 7.21. The van der Waals surface area contributed by atoms with Gasteiger partial charge in [0, 0.05) is 18.5 Å². The van der Waals surface area contributed by atoms with E-state index in [1.54, 1.807) is 6.92 Å². The summed E-state index contributed by atoms with van der Waals surface area (Å²) in [5, 5.41) is 0. The molecule has 1 rings (SSSR count). The number of amides is 1. The molecule has 1 atom stereocenters. The van der Waals surface area contributed by atoms with E-state index < -0.39 is 5.97 Å². The molecule has 1 amide bonds. The van der Waals surface area contributed by atoms with E-state index in [4.69, 9.17) is 10.5 Å². The number of esters is 1. The lowest BCUT2D eigenvalue weighted by molar-refractivity contribution is -0.150. The Kier molecular flexibility index (Phi) is 6.88. The van der Waals surface area contributed by atoms with Gasteiger partial charge >= 0.3 is 5.97 Å². The van der Waals surface area contributed by atoms with Crippen molar-refractivity contribution in [1.29, 1.82) is 0 Å². The van der Waals surface area contributed by atoms with Crippen LogP contribution >= 0.6 is 0 Å². The molecule has 1 aromatic carbocycles. The molecule has 5 heteroatoms. The van der Waals surface area contributed by atoms with Crippen molar-refractivity contribution in [2.75, 3.05) is 13.2 Å². The van der Waals surface area contributed by atoms with E-state index in [1.807, 2.05) is 44.2 Å². The van der Waals surface area contributed by atoms with Gasteiger partial charge in [-0.1, -0.05) is 30.3 Å². The van der Waals surface area contributed by atoms with Crippen LogP contribution in [0.15, 0.2) is 30.3 Å². The minimum atomic E-state index is -0.396.